The molecule has 88 heavy (non-hydrogen) atoms. The Morgan fingerprint density at radius 2 is 0.693 bits per heavy atom. The summed E-state index contributed by atoms with van der Waals surface area (Å²) >= 11 is 0. The Bertz CT molecular complexity index is 3460. The van der Waals surface area contributed by atoms with E-state index < -0.39 is 84.9 Å². The molecule has 10 atom stereocenters. The quantitative estimate of drug-likeness (QED) is 0.0303. The van der Waals surface area contributed by atoms with Crippen molar-refractivity contribution in [3.8, 4) is 0 Å². The van der Waals surface area contributed by atoms with Gasteiger partial charge in [-0.25, -0.2) is 14.4 Å². The van der Waals surface area contributed by atoms with Crippen molar-refractivity contribution < 1.29 is 66.5 Å². The van der Waals surface area contributed by atoms with Crippen molar-refractivity contribution in [2.45, 2.75) is 86.8 Å². The third-order valence-corrected chi connectivity index (χ3v) is 15.4. The van der Waals surface area contributed by atoms with Crippen LogP contribution >= 0.6 is 0 Å². The van der Waals surface area contributed by atoms with Gasteiger partial charge in [-0.05, 0) is 69.8 Å². The number of benzene rings is 9. The molecule has 0 bridgehead atoms. The molecule has 448 valence electrons. The van der Waals surface area contributed by atoms with Crippen LogP contribution in [0.2, 0.25) is 0 Å². The largest absolute Gasteiger partial charge is 0.452 e. The molecule has 2 saturated heterocycles. The van der Waals surface area contributed by atoms with Gasteiger partial charge >= 0.3 is 17.9 Å². The van der Waals surface area contributed by atoms with Crippen LogP contribution < -0.4 is 0 Å². The fourth-order valence-corrected chi connectivity index (χ4v) is 11.1. The first-order valence-electron chi connectivity index (χ1n) is 29.3. The Morgan fingerprint density at radius 1 is 0.352 bits per heavy atom. The minimum absolute atomic E-state index is 0.0777. The number of esters is 3. The minimum Gasteiger partial charge on any atom is -0.452 e. The molecule has 2 heterocycles. The lowest BCUT2D eigenvalue weighted by atomic mass is 9.80. The van der Waals surface area contributed by atoms with E-state index in [4.69, 9.17) is 52.1 Å². The molecule has 0 saturated carbocycles. The average molecular weight is 1180 g/mol. The van der Waals surface area contributed by atoms with E-state index in [0.29, 0.717) is 0 Å². The van der Waals surface area contributed by atoms with Crippen LogP contribution in [0.15, 0.2) is 273 Å². The molecule has 11 rings (SSSR count). The van der Waals surface area contributed by atoms with E-state index in [9.17, 15) is 14.4 Å². The van der Waals surface area contributed by atoms with Crippen LogP contribution in [0.25, 0.3) is 0 Å². The molecule has 9 aromatic rings. The standard InChI is InChI=1S/C74H68O14/c1-78-72-67(81-49-54-33-15-4-16-34-54)65(80-48-53-31-13-3-14-32-53)63(61(83-72)50-79-47-52-29-11-2-12-30-52)88-73-68(87-71(77)57-39-21-7-22-40-57)66(86-70(76)56-37-19-6-20-38-56)64(85-69(75)55-35-17-5-18-36-55)62(84-73)51-82-74(58-41-23-8-24-42-58,59-43-25-9-26-44-59)60-45-27-10-28-46-60/h2-46,61-68,72-73H,47-51H2,1H3/t61-,62-,63-,64-,65+,66+,67-,68-,72+,73+/m1/s1. The van der Waals surface area contributed by atoms with Crippen LogP contribution in [0.3, 0.4) is 0 Å². The molecule has 0 N–H and O–H groups in total. The molecule has 0 aromatic heterocycles. The van der Waals surface area contributed by atoms with E-state index >= 15 is 0 Å². The molecule has 0 amide bonds. The zero-order valence-corrected chi connectivity index (χ0v) is 48.5. The highest BCUT2D eigenvalue weighted by atomic mass is 16.8. The molecule has 14 heteroatoms. The summed E-state index contributed by atoms with van der Waals surface area (Å²) in [7, 11) is 1.53. The lowest BCUT2D eigenvalue weighted by Crippen LogP contribution is -2.67. The van der Waals surface area contributed by atoms with Crippen molar-refractivity contribution in [3.05, 3.63) is 323 Å². The molecule has 0 unspecified atom stereocenters. The van der Waals surface area contributed by atoms with Gasteiger partial charge in [-0.15, -0.1) is 0 Å². The lowest BCUT2D eigenvalue weighted by molar-refractivity contribution is -0.366. The Labute approximate surface area is 512 Å². The number of hydrogen-bond acceptors (Lipinski definition) is 14. The summed E-state index contributed by atoms with van der Waals surface area (Å²) in [4.78, 5) is 44.7. The van der Waals surface area contributed by atoms with Crippen molar-refractivity contribution in [2.75, 3.05) is 20.3 Å². The van der Waals surface area contributed by atoms with Crippen LogP contribution in [0.1, 0.15) is 64.5 Å². The van der Waals surface area contributed by atoms with Crippen molar-refractivity contribution in [3.63, 3.8) is 0 Å². The zero-order valence-electron chi connectivity index (χ0n) is 48.5. The van der Waals surface area contributed by atoms with Crippen LogP contribution in [-0.4, -0.2) is 99.6 Å². The maximum atomic E-state index is 14.9. The molecule has 0 radical (unpaired) electrons. The Kier molecular flexibility index (Phi) is 20.8. The van der Waals surface area contributed by atoms with Crippen molar-refractivity contribution in [2.24, 2.45) is 0 Å². The molecule has 14 nitrogen and oxygen atoms in total. The number of carbonyl (C=O) groups is 3. The van der Waals surface area contributed by atoms with Gasteiger partial charge in [0.1, 0.15) is 36.1 Å². The van der Waals surface area contributed by atoms with Gasteiger partial charge in [-0.1, -0.05) is 237 Å². The van der Waals surface area contributed by atoms with Gasteiger partial charge in [0.2, 0.25) is 0 Å². The second-order valence-corrected chi connectivity index (χ2v) is 21.2. The van der Waals surface area contributed by atoms with E-state index in [2.05, 4.69) is 0 Å². The maximum absolute atomic E-state index is 14.9. The molecule has 2 aliphatic heterocycles. The molecular formula is C74H68O14. The summed E-state index contributed by atoms with van der Waals surface area (Å²) in [6, 6.07) is 83.3. The molecule has 0 aliphatic carbocycles. The SMILES string of the molecule is CO[C@H]1O[C@H](COCc2ccccc2)[C@@H](O[C@@H]2O[C@H](COC(c3ccccc3)(c3ccccc3)c3ccccc3)[C@@H](OC(=O)c3ccccc3)[C@H](OC(=O)c3ccccc3)[C@H]2OC(=O)c2ccccc2)[C@H](OCc2ccccc2)[C@H]1OCc1ccccc1. The molecular weight excluding hydrogens is 1110 g/mol. The smallest absolute Gasteiger partial charge is 0.338 e. The van der Waals surface area contributed by atoms with Gasteiger partial charge in [0, 0.05) is 7.11 Å². The number of carbonyl (C=O) groups excluding carboxylic acids is 3. The first-order valence-corrected chi connectivity index (χ1v) is 29.3. The predicted octanol–water partition coefficient (Wildman–Crippen LogP) is 12.5. The summed E-state index contributed by atoms with van der Waals surface area (Å²) in [6.45, 7) is -0.0491. The highest BCUT2D eigenvalue weighted by molar-refractivity contribution is 5.91. The second-order valence-electron chi connectivity index (χ2n) is 21.2. The first kappa shape index (κ1) is 60.7. The van der Waals surface area contributed by atoms with Crippen LogP contribution in [0, 0.1) is 0 Å². The normalized spacial score (nSPS) is 21.8. The van der Waals surface area contributed by atoms with Crippen LogP contribution in [0.4, 0.5) is 0 Å². The van der Waals surface area contributed by atoms with Gasteiger partial charge in [0.15, 0.2) is 30.9 Å². The average Bonchev–Trinajstić information content (AvgIpc) is 1.07. The van der Waals surface area contributed by atoms with E-state index in [0.717, 1.165) is 33.4 Å². The fraction of sp³-hybridized carbons (Fsp3) is 0.230. The molecule has 0 spiro atoms. The Hall–Kier alpha value is -8.93. The zero-order chi connectivity index (χ0) is 60.3. The second kappa shape index (κ2) is 30.1. The van der Waals surface area contributed by atoms with Gasteiger partial charge in [-0.2, -0.15) is 0 Å². The van der Waals surface area contributed by atoms with E-state index in [1.807, 2.05) is 182 Å². The summed E-state index contributed by atoms with van der Waals surface area (Å²) in [6.07, 6.45) is -13.4. The first-order chi connectivity index (χ1) is 43.3. The van der Waals surface area contributed by atoms with Crippen molar-refractivity contribution >= 4 is 17.9 Å². The summed E-state index contributed by atoms with van der Waals surface area (Å²) in [5.41, 5.74) is 4.06. The van der Waals surface area contributed by atoms with E-state index in [1.54, 1.807) is 91.0 Å². The van der Waals surface area contributed by atoms with Crippen LogP contribution in [-0.2, 0) is 77.5 Å². The van der Waals surface area contributed by atoms with E-state index in [-0.39, 0.29) is 49.7 Å². The minimum atomic E-state index is -1.71. The summed E-state index contributed by atoms with van der Waals surface area (Å²) < 4.78 is 75.8. The van der Waals surface area contributed by atoms with Crippen molar-refractivity contribution in [1.29, 1.82) is 0 Å². The lowest BCUT2D eigenvalue weighted by Gasteiger charge is -2.49. The third kappa shape index (κ3) is 14.9. The maximum Gasteiger partial charge on any atom is 0.338 e. The van der Waals surface area contributed by atoms with E-state index in [1.165, 1.54) is 7.11 Å². The van der Waals surface area contributed by atoms with Gasteiger partial charge in [0.25, 0.3) is 0 Å². The van der Waals surface area contributed by atoms with Crippen LogP contribution in [0.5, 0.6) is 0 Å². The Morgan fingerprint density at radius 3 is 1.11 bits per heavy atom. The monoisotopic (exact) mass is 1180 g/mol. The third-order valence-electron chi connectivity index (χ3n) is 15.4. The number of methoxy groups -OCH3 is 1. The summed E-state index contributed by atoms with van der Waals surface area (Å²) in [5.74, 6) is -2.44. The highest BCUT2D eigenvalue weighted by Gasteiger charge is 2.57. The topological polar surface area (TPSA) is 153 Å². The fourth-order valence-electron chi connectivity index (χ4n) is 11.1. The van der Waals surface area contributed by atoms with Gasteiger partial charge in [-0.3, -0.25) is 0 Å². The van der Waals surface area contributed by atoms with Gasteiger partial charge < -0.3 is 52.1 Å². The molecule has 9 aromatic carbocycles. The van der Waals surface area contributed by atoms with Gasteiger partial charge in [0.05, 0.1) is 49.7 Å². The predicted molar refractivity (Wildman–Crippen MR) is 327 cm³/mol. The molecule has 2 aliphatic rings. The number of rotatable bonds is 25. The molecule has 2 fully saturated rings. The summed E-state index contributed by atoms with van der Waals surface area (Å²) in [5, 5.41) is 0. The Balaban J connectivity index is 1.08. The number of ether oxygens (including phenoxy) is 11. The number of hydrogen-bond donors (Lipinski definition) is 0. The van der Waals surface area contributed by atoms with Crippen molar-refractivity contribution in [1.82, 2.24) is 0 Å². The highest BCUT2D eigenvalue weighted by Crippen LogP contribution is 2.43.